The van der Waals surface area contributed by atoms with Gasteiger partial charge in [0.1, 0.15) is 0 Å². The van der Waals surface area contributed by atoms with Crippen molar-refractivity contribution in [2.45, 2.75) is 23.9 Å². The van der Waals surface area contributed by atoms with E-state index >= 15 is 0 Å². The minimum atomic E-state index is -0.633. The summed E-state index contributed by atoms with van der Waals surface area (Å²) in [7, 11) is 0. The Hall–Kier alpha value is -0.617. The van der Waals surface area contributed by atoms with Gasteiger partial charge in [-0.2, -0.15) is 0 Å². The summed E-state index contributed by atoms with van der Waals surface area (Å²) in [6, 6.07) is 18.1. The van der Waals surface area contributed by atoms with Crippen LogP contribution in [-0.2, 0) is 23.2 Å². The fraction of sp³-hybridized carbons (Fsp3) is 0.200. The van der Waals surface area contributed by atoms with Crippen LogP contribution in [0.5, 0.6) is 0 Å². The average Bonchev–Trinajstić information content (AvgIpc) is 3.01. The molecule has 0 radical (unpaired) electrons. The minimum Gasteiger partial charge on any atom is -1.00 e. The van der Waals surface area contributed by atoms with Gasteiger partial charge in [0.25, 0.3) is 0 Å². The number of hydrogen-bond acceptors (Lipinski definition) is 0. The molecule has 0 aromatic heterocycles. The van der Waals surface area contributed by atoms with Gasteiger partial charge in [0.2, 0.25) is 0 Å². The normalized spacial score (nSPS) is 15.1. The molecule has 0 atom stereocenters. The maximum Gasteiger partial charge on any atom is -1.00 e. The van der Waals surface area contributed by atoms with Crippen LogP contribution in [0.3, 0.4) is 0 Å². The molecular formula is C20H18Cl2Zr. The van der Waals surface area contributed by atoms with E-state index in [4.69, 9.17) is 0 Å². The van der Waals surface area contributed by atoms with E-state index in [1.807, 2.05) is 0 Å². The zero-order valence-electron chi connectivity index (χ0n) is 13.2. The Morgan fingerprint density at radius 3 is 1.83 bits per heavy atom. The van der Waals surface area contributed by atoms with E-state index in [-0.39, 0.29) is 24.8 Å². The van der Waals surface area contributed by atoms with E-state index in [2.05, 4.69) is 68.5 Å². The van der Waals surface area contributed by atoms with E-state index < -0.39 is 23.2 Å². The molecule has 0 nitrogen and oxygen atoms in total. The third kappa shape index (κ3) is 3.16. The van der Waals surface area contributed by atoms with Crippen LogP contribution in [-0.4, -0.2) is 0 Å². The Morgan fingerprint density at radius 1 is 0.826 bits per heavy atom. The summed E-state index contributed by atoms with van der Waals surface area (Å²) in [5, 5.41) is 0. The van der Waals surface area contributed by atoms with Gasteiger partial charge >= 0.3 is 138 Å². The summed E-state index contributed by atoms with van der Waals surface area (Å²) in [6.07, 6.45) is 3.63. The van der Waals surface area contributed by atoms with E-state index in [1.165, 1.54) is 23.1 Å². The molecule has 2 aliphatic rings. The monoisotopic (exact) mass is 418 g/mol. The fourth-order valence-corrected chi connectivity index (χ4v) is 7.87. The molecule has 0 fully saturated rings. The van der Waals surface area contributed by atoms with Crippen molar-refractivity contribution in [3.63, 3.8) is 0 Å². The molecule has 2 aliphatic carbocycles. The first-order valence-corrected chi connectivity index (χ1v) is 10.2. The molecule has 116 valence electrons. The quantitative estimate of drug-likeness (QED) is 0.613. The molecule has 2 aromatic carbocycles. The first-order chi connectivity index (χ1) is 10.3. The van der Waals surface area contributed by atoms with Gasteiger partial charge in [0.05, 0.1) is 0 Å². The second kappa shape index (κ2) is 7.51. The second-order valence-corrected chi connectivity index (χ2v) is 9.56. The number of fused-ring (bicyclic) bond motifs is 3. The number of allylic oxidation sites excluding steroid dienone is 4. The Morgan fingerprint density at radius 2 is 1.35 bits per heavy atom. The van der Waals surface area contributed by atoms with Crippen LogP contribution in [0.4, 0.5) is 0 Å². The molecule has 0 unspecified atom stereocenters. The van der Waals surface area contributed by atoms with Gasteiger partial charge in [-0.3, -0.25) is 0 Å². The van der Waals surface area contributed by atoms with Crippen molar-refractivity contribution in [1.29, 1.82) is 0 Å². The third-order valence-electron chi connectivity index (χ3n) is 4.81. The molecule has 0 bridgehead atoms. The molecule has 3 heteroatoms. The minimum absolute atomic E-state index is 0. The number of benzene rings is 2. The van der Waals surface area contributed by atoms with Gasteiger partial charge in [0.15, 0.2) is 0 Å². The van der Waals surface area contributed by atoms with Gasteiger partial charge in [0, 0.05) is 0 Å². The van der Waals surface area contributed by atoms with Gasteiger partial charge in [-0.1, -0.05) is 0 Å². The molecule has 0 amide bonds. The topological polar surface area (TPSA) is 0 Å². The van der Waals surface area contributed by atoms with Crippen molar-refractivity contribution in [1.82, 2.24) is 0 Å². The molecule has 0 spiro atoms. The summed E-state index contributed by atoms with van der Waals surface area (Å²) >= 11 is -0.633. The van der Waals surface area contributed by atoms with Crippen molar-refractivity contribution >= 4 is 0 Å². The molecule has 23 heavy (non-hydrogen) atoms. The van der Waals surface area contributed by atoms with Crippen molar-refractivity contribution in [3.05, 3.63) is 80.2 Å². The van der Waals surface area contributed by atoms with E-state index in [1.54, 1.807) is 20.0 Å². The Bertz CT molecular complexity index is 744. The summed E-state index contributed by atoms with van der Waals surface area (Å²) in [5.41, 5.74) is 9.19. The van der Waals surface area contributed by atoms with Crippen LogP contribution >= 0.6 is 0 Å². The summed E-state index contributed by atoms with van der Waals surface area (Å²) in [4.78, 5) is 0. The number of rotatable bonds is 2. The smallest absolute Gasteiger partial charge is 1.00 e. The maximum atomic E-state index is 2.41. The van der Waals surface area contributed by atoms with Crippen LogP contribution < -0.4 is 24.8 Å². The van der Waals surface area contributed by atoms with Crippen LogP contribution in [0, 0.1) is 0 Å². The average molecular weight is 420 g/mol. The standard InChI is InChI=1S/C13H9.C7H9.2ClH.Zr/c1-3-7-12-10(5-1)9-11-6-2-4-8-13(11)12;1-6-4-3-5-7(6)2;;;/h1-9H;4H,3H2,1-2H3;2*1H;/q;;;;+2/p-2. The van der Waals surface area contributed by atoms with Crippen molar-refractivity contribution < 1.29 is 48.0 Å². The van der Waals surface area contributed by atoms with Crippen molar-refractivity contribution in [2.75, 3.05) is 0 Å². The number of hydrogen-bond donors (Lipinski definition) is 0. The van der Waals surface area contributed by atoms with Gasteiger partial charge in [-0.15, -0.1) is 0 Å². The SMILES string of the molecule is CC1=CC[C]([Zr+2][CH]2c3ccccc3-c3ccccc32)=C1C.[Cl-].[Cl-]. The van der Waals surface area contributed by atoms with Gasteiger partial charge < -0.3 is 24.8 Å². The number of halogens is 2. The largest absolute Gasteiger partial charge is 1.00 e. The molecule has 4 rings (SSSR count). The molecule has 0 N–H and O–H groups in total. The van der Waals surface area contributed by atoms with Gasteiger partial charge in [-0.25, -0.2) is 0 Å². The Labute approximate surface area is 162 Å². The molecule has 0 aliphatic heterocycles. The zero-order valence-corrected chi connectivity index (χ0v) is 17.2. The van der Waals surface area contributed by atoms with E-state index in [0.29, 0.717) is 3.63 Å². The van der Waals surface area contributed by atoms with Crippen LogP contribution in [0.25, 0.3) is 11.1 Å². The van der Waals surface area contributed by atoms with Gasteiger partial charge in [-0.05, 0) is 0 Å². The molecule has 0 saturated heterocycles. The van der Waals surface area contributed by atoms with Crippen molar-refractivity contribution in [3.8, 4) is 11.1 Å². The summed E-state index contributed by atoms with van der Waals surface area (Å²) in [5.74, 6) is 0. The van der Waals surface area contributed by atoms with Crippen molar-refractivity contribution in [2.24, 2.45) is 0 Å². The first-order valence-electron chi connectivity index (χ1n) is 7.57. The predicted octanol–water partition coefficient (Wildman–Crippen LogP) is -0.529. The maximum absolute atomic E-state index is 2.41. The third-order valence-corrected chi connectivity index (χ3v) is 9.33. The predicted molar refractivity (Wildman–Crippen MR) is 84.8 cm³/mol. The zero-order chi connectivity index (χ0) is 14.4. The second-order valence-electron chi connectivity index (χ2n) is 5.95. The van der Waals surface area contributed by atoms with Crippen LogP contribution in [0.1, 0.15) is 35.0 Å². The van der Waals surface area contributed by atoms with Crippen LogP contribution in [0.15, 0.2) is 69.0 Å². The van der Waals surface area contributed by atoms with Crippen LogP contribution in [0.2, 0.25) is 0 Å². The fourth-order valence-electron chi connectivity index (χ4n) is 3.45. The summed E-state index contributed by atoms with van der Waals surface area (Å²) in [6.45, 7) is 4.58. The molecule has 2 aromatic rings. The molecule has 0 heterocycles. The Kier molecular flexibility index (Phi) is 6.12. The summed E-state index contributed by atoms with van der Waals surface area (Å²) < 4.78 is 2.48. The first kappa shape index (κ1) is 18.7. The Balaban J connectivity index is 0.000000960. The van der Waals surface area contributed by atoms with E-state index in [0.717, 1.165) is 0 Å². The van der Waals surface area contributed by atoms with E-state index in [9.17, 15) is 0 Å². The molecule has 0 saturated carbocycles. The molecular weight excluding hydrogens is 402 g/mol.